The standard InChI is InChI=1S/C19H36N4O2.HI/c1-6-11-19(24,12-7-2)15-22-18(20-8-3)21-14-16(23(4)5)17-10-9-13-25-17;/h9-10,13,16,24H,6-8,11-12,14-15H2,1-5H3,(H2,20,21,22);1H. The Kier molecular flexibility index (Phi) is 13.0. The lowest BCUT2D eigenvalue weighted by molar-refractivity contribution is 0.0306. The predicted octanol–water partition coefficient (Wildman–Crippen LogP) is 3.39. The molecule has 0 bridgehead atoms. The number of halogens is 1. The second-order valence-corrected chi connectivity index (χ2v) is 6.80. The van der Waals surface area contributed by atoms with E-state index in [2.05, 4.69) is 34.4 Å². The SMILES string of the molecule is CCCC(O)(CCC)CN=C(NCC)NCC(c1ccco1)N(C)C.I. The smallest absolute Gasteiger partial charge is 0.191 e. The van der Waals surface area contributed by atoms with Crippen LogP contribution >= 0.6 is 24.0 Å². The van der Waals surface area contributed by atoms with Crippen molar-refractivity contribution in [3.05, 3.63) is 24.2 Å². The van der Waals surface area contributed by atoms with Crippen molar-refractivity contribution >= 4 is 29.9 Å². The van der Waals surface area contributed by atoms with E-state index in [1.807, 2.05) is 33.2 Å². The maximum absolute atomic E-state index is 10.8. The Morgan fingerprint density at radius 1 is 1.23 bits per heavy atom. The van der Waals surface area contributed by atoms with Gasteiger partial charge in [0.1, 0.15) is 5.76 Å². The van der Waals surface area contributed by atoms with Crippen molar-refractivity contribution in [3.63, 3.8) is 0 Å². The lowest BCUT2D eigenvalue weighted by Crippen LogP contribution is -2.43. The molecule has 1 rings (SSSR count). The molecule has 0 saturated heterocycles. The molecule has 0 aliphatic carbocycles. The van der Waals surface area contributed by atoms with Gasteiger partial charge in [0.15, 0.2) is 5.96 Å². The molecule has 1 aromatic heterocycles. The predicted molar refractivity (Wildman–Crippen MR) is 119 cm³/mol. The normalized spacial score (nSPS) is 13.4. The molecule has 1 heterocycles. The van der Waals surface area contributed by atoms with E-state index in [1.54, 1.807) is 6.26 Å². The summed E-state index contributed by atoms with van der Waals surface area (Å²) in [4.78, 5) is 6.74. The summed E-state index contributed by atoms with van der Waals surface area (Å²) in [6.07, 6.45) is 5.15. The summed E-state index contributed by atoms with van der Waals surface area (Å²) in [5, 5.41) is 17.4. The second kappa shape index (κ2) is 13.4. The summed E-state index contributed by atoms with van der Waals surface area (Å²) < 4.78 is 5.55. The van der Waals surface area contributed by atoms with Gasteiger partial charge < -0.3 is 20.2 Å². The maximum atomic E-state index is 10.8. The van der Waals surface area contributed by atoms with Gasteiger partial charge in [-0.1, -0.05) is 26.7 Å². The number of aliphatic imine (C=N–C) groups is 1. The zero-order valence-corrected chi connectivity index (χ0v) is 19.2. The quantitative estimate of drug-likeness (QED) is 0.257. The monoisotopic (exact) mass is 480 g/mol. The molecule has 0 saturated carbocycles. The highest BCUT2D eigenvalue weighted by Gasteiger charge is 2.25. The van der Waals surface area contributed by atoms with E-state index in [4.69, 9.17) is 4.42 Å². The summed E-state index contributed by atoms with van der Waals surface area (Å²) in [5.41, 5.74) is -0.714. The number of furan rings is 1. The van der Waals surface area contributed by atoms with Gasteiger partial charge in [-0.05, 0) is 46.0 Å². The molecule has 0 fully saturated rings. The molecule has 7 heteroatoms. The van der Waals surface area contributed by atoms with Crippen molar-refractivity contribution < 1.29 is 9.52 Å². The fourth-order valence-corrected chi connectivity index (χ4v) is 2.99. The first kappa shape index (κ1) is 25.2. The van der Waals surface area contributed by atoms with Crippen LogP contribution in [0.15, 0.2) is 27.8 Å². The Balaban J connectivity index is 0.00000625. The van der Waals surface area contributed by atoms with Gasteiger partial charge in [-0.3, -0.25) is 9.89 Å². The van der Waals surface area contributed by atoms with Crippen LogP contribution in [0.2, 0.25) is 0 Å². The average Bonchev–Trinajstić information content (AvgIpc) is 3.07. The molecule has 6 nitrogen and oxygen atoms in total. The van der Waals surface area contributed by atoms with Crippen LogP contribution < -0.4 is 10.6 Å². The molecule has 0 aliphatic rings. The van der Waals surface area contributed by atoms with Gasteiger partial charge in [0.25, 0.3) is 0 Å². The molecule has 0 aliphatic heterocycles. The summed E-state index contributed by atoms with van der Waals surface area (Å²) in [6.45, 7) is 8.10. The van der Waals surface area contributed by atoms with E-state index in [0.29, 0.717) is 13.1 Å². The summed E-state index contributed by atoms with van der Waals surface area (Å²) >= 11 is 0. The Bertz CT molecular complexity index is 486. The lowest BCUT2D eigenvalue weighted by atomic mass is 9.93. The number of hydrogen-bond acceptors (Lipinski definition) is 4. The van der Waals surface area contributed by atoms with Crippen molar-refractivity contribution in [2.45, 2.75) is 58.1 Å². The molecule has 0 radical (unpaired) electrons. The number of nitrogens with one attached hydrogen (secondary N) is 2. The highest BCUT2D eigenvalue weighted by molar-refractivity contribution is 14.0. The number of guanidine groups is 1. The largest absolute Gasteiger partial charge is 0.468 e. The number of rotatable bonds is 11. The Hall–Kier alpha value is -0.800. The molecular weight excluding hydrogens is 443 g/mol. The molecule has 0 spiro atoms. The first-order valence-corrected chi connectivity index (χ1v) is 9.40. The molecule has 3 N–H and O–H groups in total. The van der Waals surface area contributed by atoms with Gasteiger partial charge in [0.05, 0.1) is 24.5 Å². The Labute approximate surface area is 175 Å². The minimum atomic E-state index is -0.714. The van der Waals surface area contributed by atoms with Crippen molar-refractivity contribution in [1.29, 1.82) is 0 Å². The van der Waals surface area contributed by atoms with Gasteiger partial charge in [-0.25, -0.2) is 0 Å². The minimum Gasteiger partial charge on any atom is -0.468 e. The fourth-order valence-electron chi connectivity index (χ4n) is 2.99. The molecular formula is C19H37IN4O2. The van der Waals surface area contributed by atoms with Crippen molar-refractivity contribution in [2.24, 2.45) is 4.99 Å². The maximum Gasteiger partial charge on any atom is 0.191 e. The van der Waals surface area contributed by atoms with Gasteiger partial charge in [0.2, 0.25) is 0 Å². The second-order valence-electron chi connectivity index (χ2n) is 6.80. The van der Waals surface area contributed by atoms with Crippen molar-refractivity contribution in [1.82, 2.24) is 15.5 Å². The number of nitrogens with zero attached hydrogens (tertiary/aromatic N) is 2. The van der Waals surface area contributed by atoms with Crippen LogP contribution in [0.3, 0.4) is 0 Å². The first-order chi connectivity index (χ1) is 12.0. The molecule has 0 aromatic carbocycles. The third-order valence-electron chi connectivity index (χ3n) is 4.26. The van der Waals surface area contributed by atoms with E-state index < -0.39 is 5.60 Å². The zero-order chi connectivity index (χ0) is 18.7. The Morgan fingerprint density at radius 2 is 1.88 bits per heavy atom. The van der Waals surface area contributed by atoms with Crippen LogP contribution in [0.1, 0.15) is 58.3 Å². The zero-order valence-electron chi connectivity index (χ0n) is 16.9. The van der Waals surface area contributed by atoms with Gasteiger partial charge in [-0.15, -0.1) is 24.0 Å². The van der Waals surface area contributed by atoms with Crippen molar-refractivity contribution in [2.75, 3.05) is 33.7 Å². The number of aliphatic hydroxyl groups is 1. The van der Waals surface area contributed by atoms with Crippen LogP contribution in [0.25, 0.3) is 0 Å². The average molecular weight is 480 g/mol. The number of likely N-dealkylation sites (N-methyl/N-ethyl adjacent to an activating group) is 1. The highest BCUT2D eigenvalue weighted by Crippen LogP contribution is 2.20. The Morgan fingerprint density at radius 3 is 2.35 bits per heavy atom. The molecule has 152 valence electrons. The third-order valence-corrected chi connectivity index (χ3v) is 4.26. The van der Waals surface area contributed by atoms with Crippen LogP contribution in [-0.4, -0.2) is 55.3 Å². The van der Waals surface area contributed by atoms with Crippen molar-refractivity contribution in [3.8, 4) is 0 Å². The molecule has 26 heavy (non-hydrogen) atoms. The molecule has 0 amide bonds. The van der Waals surface area contributed by atoms with Crippen LogP contribution in [-0.2, 0) is 0 Å². The van der Waals surface area contributed by atoms with E-state index in [9.17, 15) is 5.11 Å². The molecule has 1 unspecified atom stereocenters. The fraction of sp³-hybridized carbons (Fsp3) is 0.737. The minimum absolute atomic E-state index is 0. The molecule has 1 aromatic rings. The van der Waals surface area contributed by atoms with Gasteiger partial charge >= 0.3 is 0 Å². The third kappa shape index (κ3) is 8.73. The van der Waals surface area contributed by atoms with E-state index in [0.717, 1.165) is 43.9 Å². The summed E-state index contributed by atoms with van der Waals surface area (Å²) in [5.74, 6) is 1.65. The van der Waals surface area contributed by atoms with Crippen LogP contribution in [0.4, 0.5) is 0 Å². The topological polar surface area (TPSA) is 73.0 Å². The van der Waals surface area contributed by atoms with E-state index in [1.165, 1.54) is 0 Å². The van der Waals surface area contributed by atoms with Crippen LogP contribution in [0, 0.1) is 0 Å². The first-order valence-electron chi connectivity index (χ1n) is 9.40. The van der Waals surface area contributed by atoms with E-state index in [-0.39, 0.29) is 30.0 Å². The van der Waals surface area contributed by atoms with Crippen LogP contribution in [0.5, 0.6) is 0 Å². The van der Waals surface area contributed by atoms with E-state index >= 15 is 0 Å². The summed E-state index contributed by atoms with van der Waals surface area (Å²) in [6, 6.07) is 4.00. The lowest BCUT2D eigenvalue weighted by Gasteiger charge is -2.27. The van der Waals surface area contributed by atoms with Gasteiger partial charge in [-0.2, -0.15) is 0 Å². The molecule has 1 atom stereocenters. The highest BCUT2D eigenvalue weighted by atomic mass is 127. The number of hydrogen-bond donors (Lipinski definition) is 3. The summed E-state index contributed by atoms with van der Waals surface area (Å²) in [7, 11) is 4.06. The van der Waals surface area contributed by atoms with Gasteiger partial charge in [0, 0.05) is 13.1 Å².